The molecule has 1 aliphatic rings. The van der Waals surface area contributed by atoms with E-state index < -0.39 is 32.5 Å². The number of ether oxygens (including phenoxy) is 3. The van der Waals surface area contributed by atoms with E-state index in [0.717, 1.165) is 64.2 Å². The molecule has 3 atom stereocenters. The lowest BCUT2D eigenvalue weighted by Crippen LogP contribution is -2.29. The summed E-state index contributed by atoms with van der Waals surface area (Å²) in [7, 11) is -4.75. The molecule has 0 amide bonds. The Labute approximate surface area is 286 Å². The van der Waals surface area contributed by atoms with Crippen molar-refractivity contribution in [2.24, 2.45) is 0 Å². The standard InChI is InChI=1S/C37H69O9P/c1-3-5-7-9-11-12-13-14-15-16-17-21-26-30-37(39)45-33(32-44-47(40,41)42)31-43-36(38)29-25-22-18-20-24-28-35-34(46-35)27-23-19-10-8-6-4-2/h19,23,33-35H,3-18,20-22,24-32H2,1-2H3,(H2,40,41,42)/b23-19-/t33-,34?,35?/m1/s1. The second-order valence-electron chi connectivity index (χ2n) is 13.3. The molecule has 0 aromatic heterocycles. The van der Waals surface area contributed by atoms with Crippen molar-refractivity contribution < 1.29 is 42.7 Å². The Bertz CT molecular complexity index is 844. The molecular formula is C37H69O9P. The zero-order chi connectivity index (χ0) is 34.4. The van der Waals surface area contributed by atoms with Gasteiger partial charge in [0.2, 0.25) is 0 Å². The van der Waals surface area contributed by atoms with Crippen molar-refractivity contribution in [1.82, 2.24) is 0 Å². The van der Waals surface area contributed by atoms with Gasteiger partial charge in [0.15, 0.2) is 6.10 Å². The van der Waals surface area contributed by atoms with Gasteiger partial charge in [-0.3, -0.25) is 14.1 Å². The number of carbonyl (C=O) groups excluding carboxylic acids is 2. The largest absolute Gasteiger partial charge is 0.469 e. The number of rotatable bonds is 34. The van der Waals surface area contributed by atoms with E-state index in [1.165, 1.54) is 77.0 Å². The molecule has 0 saturated carbocycles. The third-order valence-corrected chi connectivity index (χ3v) is 9.19. The molecule has 0 spiro atoms. The van der Waals surface area contributed by atoms with Gasteiger partial charge >= 0.3 is 19.8 Å². The van der Waals surface area contributed by atoms with E-state index in [9.17, 15) is 14.2 Å². The molecular weight excluding hydrogens is 619 g/mol. The van der Waals surface area contributed by atoms with Crippen molar-refractivity contribution in [3.63, 3.8) is 0 Å². The summed E-state index contributed by atoms with van der Waals surface area (Å²) in [5, 5.41) is 0. The van der Waals surface area contributed by atoms with Gasteiger partial charge in [0.25, 0.3) is 0 Å². The van der Waals surface area contributed by atoms with Crippen molar-refractivity contribution in [3.8, 4) is 0 Å². The summed E-state index contributed by atoms with van der Waals surface area (Å²) in [6, 6.07) is 0. The van der Waals surface area contributed by atoms with Crippen LogP contribution in [0.5, 0.6) is 0 Å². The highest BCUT2D eigenvalue weighted by molar-refractivity contribution is 7.46. The summed E-state index contributed by atoms with van der Waals surface area (Å²) >= 11 is 0. The summed E-state index contributed by atoms with van der Waals surface area (Å²) in [4.78, 5) is 42.7. The molecule has 0 radical (unpaired) electrons. The van der Waals surface area contributed by atoms with Crippen molar-refractivity contribution >= 4 is 19.8 Å². The summed E-state index contributed by atoms with van der Waals surface area (Å²) in [5.74, 6) is -0.902. The van der Waals surface area contributed by atoms with Gasteiger partial charge in [-0.2, -0.15) is 0 Å². The first-order valence-electron chi connectivity index (χ1n) is 19.1. The number of carbonyl (C=O) groups is 2. The minimum absolute atomic E-state index is 0.210. The molecule has 1 aliphatic heterocycles. The van der Waals surface area contributed by atoms with E-state index in [4.69, 9.17) is 24.0 Å². The maximum atomic E-state index is 12.4. The fraction of sp³-hybridized carbons (Fsp3) is 0.892. The average Bonchev–Trinajstić information content (AvgIpc) is 3.79. The number of phosphoric acid groups is 1. The summed E-state index contributed by atoms with van der Waals surface area (Å²) in [6.07, 6.45) is 32.4. The van der Waals surface area contributed by atoms with Crippen molar-refractivity contribution in [3.05, 3.63) is 12.2 Å². The fourth-order valence-corrected chi connectivity index (χ4v) is 6.09. The molecule has 1 rings (SSSR count). The SMILES string of the molecule is CCCCC/C=C\CC1OC1CCCCCCCC(=O)OC[C@H](COP(=O)(O)O)OC(=O)CCCCCCCCCCCCCCC. The Kier molecular flexibility index (Phi) is 27.6. The number of hydrogen-bond donors (Lipinski definition) is 2. The maximum Gasteiger partial charge on any atom is 0.469 e. The molecule has 0 aliphatic carbocycles. The number of allylic oxidation sites excluding steroid dienone is 1. The van der Waals surface area contributed by atoms with Crippen LogP contribution in [0.1, 0.15) is 181 Å². The van der Waals surface area contributed by atoms with E-state index in [-0.39, 0.29) is 19.4 Å². The number of unbranched alkanes of at least 4 members (excludes halogenated alkanes) is 19. The van der Waals surface area contributed by atoms with Gasteiger partial charge in [0.05, 0.1) is 18.8 Å². The van der Waals surface area contributed by atoms with Gasteiger partial charge in [-0.25, -0.2) is 4.57 Å². The maximum absolute atomic E-state index is 12.4. The van der Waals surface area contributed by atoms with Crippen molar-refractivity contribution in [1.29, 1.82) is 0 Å². The summed E-state index contributed by atoms with van der Waals surface area (Å²) in [6.45, 7) is 3.63. The number of phosphoric ester groups is 1. The molecule has 10 heteroatoms. The van der Waals surface area contributed by atoms with E-state index in [1.54, 1.807) is 0 Å². The van der Waals surface area contributed by atoms with Gasteiger partial charge in [0.1, 0.15) is 6.61 Å². The molecule has 276 valence electrons. The molecule has 0 bridgehead atoms. The van der Waals surface area contributed by atoms with Crippen molar-refractivity contribution in [2.45, 2.75) is 199 Å². The third-order valence-electron chi connectivity index (χ3n) is 8.71. The molecule has 9 nitrogen and oxygen atoms in total. The van der Waals surface area contributed by atoms with Crippen LogP contribution in [-0.4, -0.2) is 53.3 Å². The minimum atomic E-state index is -4.75. The summed E-state index contributed by atoms with van der Waals surface area (Å²) < 4.78 is 32.1. The predicted octanol–water partition coefficient (Wildman–Crippen LogP) is 10.1. The number of esters is 2. The quantitative estimate of drug-likeness (QED) is 0.0223. The van der Waals surface area contributed by atoms with Crippen LogP contribution in [0.2, 0.25) is 0 Å². The topological polar surface area (TPSA) is 132 Å². The first-order valence-corrected chi connectivity index (χ1v) is 20.6. The van der Waals surface area contributed by atoms with E-state index >= 15 is 0 Å². The van der Waals surface area contributed by atoms with Crippen LogP contribution in [0.4, 0.5) is 0 Å². The molecule has 47 heavy (non-hydrogen) atoms. The highest BCUT2D eigenvalue weighted by atomic mass is 31.2. The van der Waals surface area contributed by atoms with Crippen LogP contribution in [0.25, 0.3) is 0 Å². The average molecular weight is 689 g/mol. The molecule has 2 N–H and O–H groups in total. The second kappa shape index (κ2) is 29.6. The monoisotopic (exact) mass is 688 g/mol. The normalized spacial score (nSPS) is 16.9. The van der Waals surface area contributed by atoms with Crippen LogP contribution in [0.15, 0.2) is 12.2 Å². The van der Waals surface area contributed by atoms with Crippen LogP contribution in [0, 0.1) is 0 Å². The third kappa shape index (κ3) is 29.4. The Morgan fingerprint density at radius 3 is 1.74 bits per heavy atom. The second-order valence-corrected chi connectivity index (χ2v) is 14.5. The molecule has 1 saturated heterocycles. The first-order chi connectivity index (χ1) is 22.7. The Hall–Kier alpha value is -1.25. The lowest BCUT2D eigenvalue weighted by molar-refractivity contribution is -0.161. The highest BCUT2D eigenvalue weighted by Crippen LogP contribution is 2.36. The fourth-order valence-electron chi connectivity index (χ4n) is 5.73. The molecule has 0 aromatic rings. The molecule has 0 aromatic carbocycles. The van der Waals surface area contributed by atoms with Crippen LogP contribution in [0.3, 0.4) is 0 Å². The van der Waals surface area contributed by atoms with Crippen LogP contribution < -0.4 is 0 Å². The molecule has 1 fully saturated rings. The Morgan fingerprint density at radius 2 is 1.17 bits per heavy atom. The number of epoxide rings is 1. The first kappa shape index (κ1) is 43.8. The molecule has 1 heterocycles. The van der Waals surface area contributed by atoms with Crippen molar-refractivity contribution in [2.75, 3.05) is 13.2 Å². The Balaban J connectivity index is 2.09. The van der Waals surface area contributed by atoms with Crippen LogP contribution in [-0.2, 0) is 32.9 Å². The number of hydrogen-bond acceptors (Lipinski definition) is 7. The minimum Gasteiger partial charge on any atom is -0.462 e. The van der Waals surface area contributed by atoms with Gasteiger partial charge in [0, 0.05) is 12.8 Å². The van der Waals surface area contributed by atoms with E-state index in [2.05, 4.69) is 30.5 Å². The zero-order valence-electron chi connectivity index (χ0n) is 29.9. The van der Waals surface area contributed by atoms with Gasteiger partial charge < -0.3 is 24.0 Å². The van der Waals surface area contributed by atoms with Gasteiger partial charge in [-0.15, -0.1) is 0 Å². The van der Waals surface area contributed by atoms with E-state index in [1.807, 2.05) is 0 Å². The molecule has 2 unspecified atom stereocenters. The lowest BCUT2D eigenvalue weighted by Gasteiger charge is -2.18. The van der Waals surface area contributed by atoms with E-state index in [0.29, 0.717) is 25.0 Å². The highest BCUT2D eigenvalue weighted by Gasteiger charge is 2.36. The lowest BCUT2D eigenvalue weighted by atomic mass is 10.0. The zero-order valence-corrected chi connectivity index (χ0v) is 30.8. The van der Waals surface area contributed by atoms with Gasteiger partial charge in [-0.05, 0) is 38.5 Å². The van der Waals surface area contributed by atoms with Crippen LogP contribution >= 0.6 is 7.82 Å². The predicted molar refractivity (Wildman–Crippen MR) is 188 cm³/mol. The summed E-state index contributed by atoms with van der Waals surface area (Å²) in [5.41, 5.74) is 0. The smallest absolute Gasteiger partial charge is 0.462 e. The van der Waals surface area contributed by atoms with Gasteiger partial charge in [-0.1, -0.05) is 142 Å². The Morgan fingerprint density at radius 1 is 0.660 bits per heavy atom.